The topological polar surface area (TPSA) is 66.6 Å². The van der Waals surface area contributed by atoms with Gasteiger partial charge in [0.2, 0.25) is 5.91 Å². The minimum atomic E-state index is -0.451. The van der Waals surface area contributed by atoms with Crippen molar-refractivity contribution in [3.8, 4) is 0 Å². The van der Waals surface area contributed by atoms with E-state index in [4.69, 9.17) is 10.8 Å². The van der Waals surface area contributed by atoms with E-state index < -0.39 is 6.04 Å². The van der Waals surface area contributed by atoms with Crippen molar-refractivity contribution in [3.05, 3.63) is 0 Å². The highest BCUT2D eigenvalue weighted by atomic mass is 16.3. The number of unbranched alkanes of at least 4 members (excludes halogenated alkanes) is 1. The summed E-state index contributed by atoms with van der Waals surface area (Å²) in [4.78, 5) is 13.5. The van der Waals surface area contributed by atoms with Gasteiger partial charge in [-0.15, -0.1) is 0 Å². The normalized spacial score (nSPS) is 12.9. The van der Waals surface area contributed by atoms with E-state index in [2.05, 4.69) is 6.92 Å². The predicted molar refractivity (Wildman–Crippen MR) is 61.4 cm³/mol. The molecule has 1 atom stereocenters. The van der Waals surface area contributed by atoms with Crippen LogP contribution in [0.5, 0.6) is 0 Å². The van der Waals surface area contributed by atoms with Crippen LogP contribution in [0.15, 0.2) is 0 Å². The molecule has 0 bridgehead atoms. The Balaban J connectivity index is 4.26. The van der Waals surface area contributed by atoms with Gasteiger partial charge < -0.3 is 15.7 Å². The van der Waals surface area contributed by atoms with Crippen molar-refractivity contribution in [1.82, 2.24) is 4.90 Å². The van der Waals surface area contributed by atoms with Gasteiger partial charge in [-0.25, -0.2) is 0 Å². The molecule has 0 heterocycles. The highest BCUT2D eigenvalue weighted by molar-refractivity contribution is 5.81. The highest BCUT2D eigenvalue weighted by Gasteiger charge is 2.22. The molecule has 0 saturated heterocycles. The lowest BCUT2D eigenvalue weighted by Crippen LogP contribution is -2.47. The third-order valence-electron chi connectivity index (χ3n) is 2.47. The second-order valence-corrected chi connectivity index (χ2v) is 4.17. The van der Waals surface area contributed by atoms with E-state index in [0.29, 0.717) is 13.1 Å². The second-order valence-electron chi connectivity index (χ2n) is 4.17. The fourth-order valence-corrected chi connectivity index (χ4v) is 1.30. The Kier molecular flexibility index (Phi) is 7.34. The Labute approximate surface area is 92.4 Å². The van der Waals surface area contributed by atoms with Crippen LogP contribution in [0.4, 0.5) is 0 Å². The number of aliphatic hydroxyl groups excluding tert-OH is 1. The van der Waals surface area contributed by atoms with Gasteiger partial charge in [-0.05, 0) is 12.3 Å². The summed E-state index contributed by atoms with van der Waals surface area (Å²) in [5, 5.41) is 8.87. The van der Waals surface area contributed by atoms with Crippen LogP contribution in [0, 0.1) is 5.92 Å². The molecule has 0 aromatic heterocycles. The van der Waals surface area contributed by atoms with E-state index in [1.807, 2.05) is 13.8 Å². The fourth-order valence-electron chi connectivity index (χ4n) is 1.30. The van der Waals surface area contributed by atoms with Crippen molar-refractivity contribution in [3.63, 3.8) is 0 Å². The average molecular weight is 216 g/mol. The summed E-state index contributed by atoms with van der Waals surface area (Å²) in [6, 6.07) is -0.451. The van der Waals surface area contributed by atoms with Gasteiger partial charge in [0.1, 0.15) is 0 Å². The SMILES string of the molecule is CCCCN(CCO)C(=O)C(N)C(C)C. The zero-order chi connectivity index (χ0) is 11.8. The standard InChI is InChI=1S/C11H24N2O2/c1-4-5-6-13(7-8-14)11(15)10(12)9(2)3/h9-10,14H,4-8,12H2,1-3H3. The highest BCUT2D eigenvalue weighted by Crippen LogP contribution is 2.04. The molecule has 0 aliphatic rings. The third kappa shape index (κ3) is 5.14. The first kappa shape index (κ1) is 14.4. The number of carbonyl (C=O) groups excluding carboxylic acids is 1. The zero-order valence-corrected chi connectivity index (χ0v) is 10.1. The number of hydrogen-bond donors (Lipinski definition) is 2. The van der Waals surface area contributed by atoms with Crippen molar-refractivity contribution < 1.29 is 9.90 Å². The fraction of sp³-hybridized carbons (Fsp3) is 0.909. The second kappa shape index (κ2) is 7.65. The summed E-state index contributed by atoms with van der Waals surface area (Å²) in [5.41, 5.74) is 5.79. The maximum absolute atomic E-state index is 11.9. The van der Waals surface area contributed by atoms with Crippen LogP contribution in [0.2, 0.25) is 0 Å². The van der Waals surface area contributed by atoms with E-state index in [1.54, 1.807) is 4.90 Å². The zero-order valence-electron chi connectivity index (χ0n) is 10.1. The van der Waals surface area contributed by atoms with E-state index in [9.17, 15) is 4.79 Å². The van der Waals surface area contributed by atoms with Gasteiger partial charge in [-0.2, -0.15) is 0 Å². The molecule has 0 radical (unpaired) electrons. The number of aliphatic hydroxyl groups is 1. The van der Waals surface area contributed by atoms with Crippen LogP contribution in [-0.2, 0) is 4.79 Å². The maximum atomic E-state index is 11.9. The first-order chi connectivity index (χ1) is 7.04. The van der Waals surface area contributed by atoms with Crippen LogP contribution in [0.3, 0.4) is 0 Å². The molecule has 3 N–H and O–H groups in total. The predicted octanol–water partition coefficient (Wildman–Crippen LogP) is 0.591. The molecule has 1 unspecified atom stereocenters. The summed E-state index contributed by atoms with van der Waals surface area (Å²) >= 11 is 0. The van der Waals surface area contributed by atoms with E-state index in [1.165, 1.54) is 0 Å². The van der Waals surface area contributed by atoms with Crippen LogP contribution < -0.4 is 5.73 Å². The quantitative estimate of drug-likeness (QED) is 0.654. The molecule has 4 nitrogen and oxygen atoms in total. The maximum Gasteiger partial charge on any atom is 0.239 e. The lowest BCUT2D eigenvalue weighted by Gasteiger charge is -2.26. The first-order valence-electron chi connectivity index (χ1n) is 5.69. The molecule has 15 heavy (non-hydrogen) atoms. The van der Waals surface area contributed by atoms with Gasteiger partial charge in [0, 0.05) is 13.1 Å². The molecule has 0 aromatic carbocycles. The lowest BCUT2D eigenvalue weighted by molar-refractivity contribution is -0.134. The summed E-state index contributed by atoms with van der Waals surface area (Å²) in [6.45, 7) is 7.01. The largest absolute Gasteiger partial charge is 0.395 e. The molecular weight excluding hydrogens is 192 g/mol. The number of rotatable bonds is 7. The first-order valence-corrected chi connectivity index (χ1v) is 5.69. The van der Waals surface area contributed by atoms with Crippen molar-refractivity contribution in [2.24, 2.45) is 11.7 Å². The molecule has 0 spiro atoms. The van der Waals surface area contributed by atoms with Crippen molar-refractivity contribution in [2.75, 3.05) is 19.7 Å². The molecule has 1 amide bonds. The van der Waals surface area contributed by atoms with Crippen LogP contribution in [-0.4, -0.2) is 41.7 Å². The van der Waals surface area contributed by atoms with Gasteiger partial charge in [0.05, 0.1) is 12.6 Å². The molecule has 0 saturated carbocycles. The smallest absolute Gasteiger partial charge is 0.239 e. The summed E-state index contributed by atoms with van der Waals surface area (Å²) in [5.74, 6) is 0.0906. The van der Waals surface area contributed by atoms with Crippen molar-refractivity contribution in [2.45, 2.75) is 39.7 Å². The van der Waals surface area contributed by atoms with Gasteiger partial charge in [0.15, 0.2) is 0 Å². The Hall–Kier alpha value is -0.610. The molecule has 0 aromatic rings. The molecule has 90 valence electrons. The van der Waals surface area contributed by atoms with E-state index in [0.717, 1.165) is 12.8 Å². The Morgan fingerprint density at radius 1 is 1.40 bits per heavy atom. The summed E-state index contributed by atoms with van der Waals surface area (Å²) in [7, 11) is 0. The van der Waals surface area contributed by atoms with Gasteiger partial charge in [-0.3, -0.25) is 4.79 Å². The van der Waals surface area contributed by atoms with Crippen LogP contribution >= 0.6 is 0 Å². The number of hydrogen-bond acceptors (Lipinski definition) is 3. The number of carbonyl (C=O) groups is 1. The minimum Gasteiger partial charge on any atom is -0.395 e. The van der Waals surface area contributed by atoms with Crippen LogP contribution in [0.1, 0.15) is 33.6 Å². The summed E-state index contributed by atoms with van der Waals surface area (Å²) in [6.07, 6.45) is 1.99. The molecule has 0 aliphatic carbocycles. The molecular formula is C11H24N2O2. The van der Waals surface area contributed by atoms with Gasteiger partial charge in [0.25, 0.3) is 0 Å². The summed E-state index contributed by atoms with van der Waals surface area (Å²) < 4.78 is 0. The molecule has 0 rings (SSSR count). The lowest BCUT2D eigenvalue weighted by atomic mass is 10.0. The van der Waals surface area contributed by atoms with Gasteiger partial charge >= 0.3 is 0 Å². The number of nitrogens with zero attached hydrogens (tertiary/aromatic N) is 1. The van der Waals surface area contributed by atoms with Crippen molar-refractivity contribution >= 4 is 5.91 Å². The Morgan fingerprint density at radius 2 is 2.00 bits per heavy atom. The number of nitrogens with two attached hydrogens (primary N) is 1. The average Bonchev–Trinajstić information content (AvgIpc) is 2.22. The number of amides is 1. The van der Waals surface area contributed by atoms with Gasteiger partial charge in [-0.1, -0.05) is 27.2 Å². The third-order valence-corrected chi connectivity index (χ3v) is 2.47. The van der Waals surface area contributed by atoms with E-state index >= 15 is 0 Å². The van der Waals surface area contributed by atoms with Crippen LogP contribution in [0.25, 0.3) is 0 Å². The molecule has 4 heteroatoms. The minimum absolute atomic E-state index is 0.000267. The van der Waals surface area contributed by atoms with E-state index in [-0.39, 0.29) is 18.4 Å². The Morgan fingerprint density at radius 3 is 2.40 bits per heavy atom. The molecule has 0 fully saturated rings. The Bertz CT molecular complexity index is 183. The monoisotopic (exact) mass is 216 g/mol. The molecule has 0 aliphatic heterocycles. The van der Waals surface area contributed by atoms with Crippen molar-refractivity contribution in [1.29, 1.82) is 0 Å².